The van der Waals surface area contributed by atoms with Crippen LogP contribution in [0, 0.1) is 12.3 Å². The van der Waals surface area contributed by atoms with Crippen molar-refractivity contribution in [1.29, 1.82) is 0 Å². The molecule has 1 aromatic carbocycles. The van der Waals surface area contributed by atoms with Crippen molar-refractivity contribution in [3.8, 4) is 0 Å². The van der Waals surface area contributed by atoms with Crippen LogP contribution >= 0.6 is 11.6 Å². The molecule has 0 radical (unpaired) electrons. The number of aliphatic hydroxyl groups excluding tert-OH is 1. The van der Waals surface area contributed by atoms with Gasteiger partial charge in [-0.05, 0) is 31.0 Å². The van der Waals surface area contributed by atoms with Gasteiger partial charge in [0.2, 0.25) is 0 Å². The normalized spacial score (nSPS) is 14.6. The average Bonchev–Trinajstić information content (AvgIpc) is 2.30. The average molecular weight is 242 g/mol. The van der Waals surface area contributed by atoms with E-state index in [4.69, 9.17) is 11.6 Å². The molecule has 3 heteroatoms. The SMILES string of the molecule is CCC(C)(CO)CNc1cc(C)ccc1Cl. The third-order valence-electron chi connectivity index (χ3n) is 3.06. The summed E-state index contributed by atoms with van der Waals surface area (Å²) < 4.78 is 0. The summed E-state index contributed by atoms with van der Waals surface area (Å²) >= 11 is 6.09. The Morgan fingerprint density at radius 3 is 2.69 bits per heavy atom. The summed E-state index contributed by atoms with van der Waals surface area (Å²) in [4.78, 5) is 0. The fraction of sp³-hybridized carbons (Fsp3) is 0.538. The summed E-state index contributed by atoms with van der Waals surface area (Å²) in [5, 5.41) is 13.3. The van der Waals surface area contributed by atoms with E-state index in [-0.39, 0.29) is 12.0 Å². The molecule has 0 aliphatic heterocycles. The molecule has 0 amide bonds. The molecule has 1 rings (SSSR count). The van der Waals surface area contributed by atoms with E-state index < -0.39 is 0 Å². The van der Waals surface area contributed by atoms with Crippen molar-refractivity contribution in [3.63, 3.8) is 0 Å². The number of aryl methyl sites for hydroxylation is 1. The largest absolute Gasteiger partial charge is 0.396 e. The molecular formula is C13H20ClNO. The van der Waals surface area contributed by atoms with Gasteiger partial charge in [0, 0.05) is 12.0 Å². The lowest BCUT2D eigenvalue weighted by molar-refractivity contribution is 0.149. The van der Waals surface area contributed by atoms with Gasteiger partial charge < -0.3 is 10.4 Å². The molecule has 0 aliphatic carbocycles. The smallest absolute Gasteiger partial charge is 0.0637 e. The summed E-state index contributed by atoms with van der Waals surface area (Å²) in [7, 11) is 0. The van der Waals surface area contributed by atoms with Crippen molar-refractivity contribution in [2.45, 2.75) is 27.2 Å². The molecule has 0 heterocycles. The van der Waals surface area contributed by atoms with Crippen molar-refractivity contribution in [3.05, 3.63) is 28.8 Å². The molecule has 0 spiro atoms. The molecule has 0 fully saturated rings. The van der Waals surface area contributed by atoms with E-state index in [2.05, 4.69) is 19.2 Å². The van der Waals surface area contributed by atoms with E-state index in [1.807, 2.05) is 25.1 Å². The Hall–Kier alpha value is -0.730. The molecule has 0 saturated carbocycles. The van der Waals surface area contributed by atoms with Crippen LogP contribution in [0.4, 0.5) is 5.69 Å². The van der Waals surface area contributed by atoms with Crippen LogP contribution in [0.1, 0.15) is 25.8 Å². The van der Waals surface area contributed by atoms with E-state index in [0.717, 1.165) is 23.7 Å². The Morgan fingerprint density at radius 2 is 2.12 bits per heavy atom. The molecule has 0 bridgehead atoms. The van der Waals surface area contributed by atoms with Crippen LogP contribution in [0.2, 0.25) is 5.02 Å². The number of benzene rings is 1. The van der Waals surface area contributed by atoms with E-state index in [9.17, 15) is 5.11 Å². The number of anilines is 1. The predicted octanol–water partition coefficient (Wildman–Crippen LogP) is 3.47. The molecule has 90 valence electrons. The fourth-order valence-corrected chi connectivity index (χ4v) is 1.56. The highest BCUT2D eigenvalue weighted by Gasteiger charge is 2.20. The number of halogens is 1. The minimum atomic E-state index is -0.0902. The van der Waals surface area contributed by atoms with E-state index in [0.29, 0.717) is 0 Å². The summed E-state index contributed by atoms with van der Waals surface area (Å²) in [6.45, 7) is 7.08. The van der Waals surface area contributed by atoms with Crippen LogP contribution < -0.4 is 5.32 Å². The number of rotatable bonds is 5. The maximum absolute atomic E-state index is 9.31. The van der Waals surface area contributed by atoms with Crippen molar-refractivity contribution < 1.29 is 5.11 Å². The minimum Gasteiger partial charge on any atom is -0.396 e. The van der Waals surface area contributed by atoms with Gasteiger partial charge in [0.1, 0.15) is 0 Å². The Balaban J connectivity index is 2.70. The molecule has 2 N–H and O–H groups in total. The van der Waals surface area contributed by atoms with Gasteiger partial charge in [-0.2, -0.15) is 0 Å². The highest BCUT2D eigenvalue weighted by Crippen LogP contribution is 2.26. The Bertz CT molecular complexity index is 348. The first-order valence-electron chi connectivity index (χ1n) is 5.61. The first kappa shape index (κ1) is 13.3. The van der Waals surface area contributed by atoms with Crippen LogP contribution in [0.5, 0.6) is 0 Å². The lowest BCUT2D eigenvalue weighted by atomic mass is 9.88. The van der Waals surface area contributed by atoms with Gasteiger partial charge in [-0.25, -0.2) is 0 Å². The van der Waals surface area contributed by atoms with Gasteiger partial charge >= 0.3 is 0 Å². The Labute approximate surface area is 103 Å². The first-order chi connectivity index (χ1) is 7.50. The zero-order valence-electron chi connectivity index (χ0n) is 10.2. The van der Waals surface area contributed by atoms with E-state index >= 15 is 0 Å². The second kappa shape index (κ2) is 5.55. The lowest BCUT2D eigenvalue weighted by Crippen LogP contribution is -2.29. The molecule has 0 saturated heterocycles. The summed E-state index contributed by atoms with van der Waals surface area (Å²) in [5.74, 6) is 0. The zero-order chi connectivity index (χ0) is 12.2. The molecule has 1 unspecified atom stereocenters. The number of hydrogen-bond acceptors (Lipinski definition) is 2. The molecule has 1 aromatic rings. The predicted molar refractivity (Wildman–Crippen MR) is 70.2 cm³/mol. The molecular weight excluding hydrogens is 222 g/mol. The lowest BCUT2D eigenvalue weighted by Gasteiger charge is -2.26. The second-order valence-electron chi connectivity index (χ2n) is 4.66. The third kappa shape index (κ3) is 3.39. The fourth-order valence-electron chi connectivity index (χ4n) is 1.38. The van der Waals surface area contributed by atoms with Crippen LogP contribution in [-0.2, 0) is 0 Å². The quantitative estimate of drug-likeness (QED) is 0.828. The van der Waals surface area contributed by atoms with E-state index in [1.54, 1.807) is 0 Å². The molecule has 0 aromatic heterocycles. The molecule has 16 heavy (non-hydrogen) atoms. The molecule has 2 nitrogen and oxygen atoms in total. The highest BCUT2D eigenvalue weighted by atomic mass is 35.5. The maximum atomic E-state index is 9.31. The minimum absolute atomic E-state index is 0.0902. The van der Waals surface area contributed by atoms with Crippen molar-refractivity contribution in [2.24, 2.45) is 5.41 Å². The van der Waals surface area contributed by atoms with Gasteiger partial charge in [-0.3, -0.25) is 0 Å². The highest BCUT2D eigenvalue weighted by molar-refractivity contribution is 6.33. The van der Waals surface area contributed by atoms with Crippen LogP contribution in [0.15, 0.2) is 18.2 Å². The summed E-state index contributed by atoms with van der Waals surface area (Å²) in [6, 6.07) is 5.90. The number of aliphatic hydroxyl groups is 1. The standard InChI is InChI=1S/C13H20ClNO/c1-4-13(3,9-16)8-15-12-7-10(2)5-6-11(12)14/h5-7,15-16H,4,8-9H2,1-3H3. The van der Waals surface area contributed by atoms with Crippen LogP contribution in [0.3, 0.4) is 0 Å². The number of hydrogen-bond donors (Lipinski definition) is 2. The first-order valence-corrected chi connectivity index (χ1v) is 5.99. The zero-order valence-corrected chi connectivity index (χ0v) is 10.9. The van der Waals surface area contributed by atoms with Crippen LogP contribution in [-0.4, -0.2) is 18.3 Å². The summed E-state index contributed by atoms with van der Waals surface area (Å²) in [5.41, 5.74) is 2.02. The summed E-state index contributed by atoms with van der Waals surface area (Å²) in [6.07, 6.45) is 0.930. The third-order valence-corrected chi connectivity index (χ3v) is 3.39. The van der Waals surface area contributed by atoms with Gasteiger partial charge in [0.25, 0.3) is 0 Å². The second-order valence-corrected chi connectivity index (χ2v) is 5.07. The van der Waals surface area contributed by atoms with Crippen LogP contribution in [0.25, 0.3) is 0 Å². The topological polar surface area (TPSA) is 32.3 Å². The molecule has 0 aliphatic rings. The van der Waals surface area contributed by atoms with Crippen molar-refractivity contribution in [2.75, 3.05) is 18.5 Å². The van der Waals surface area contributed by atoms with Gasteiger partial charge in [0.05, 0.1) is 17.3 Å². The van der Waals surface area contributed by atoms with Gasteiger partial charge in [-0.15, -0.1) is 0 Å². The van der Waals surface area contributed by atoms with Gasteiger partial charge in [-0.1, -0.05) is 31.5 Å². The van der Waals surface area contributed by atoms with E-state index in [1.165, 1.54) is 5.56 Å². The monoisotopic (exact) mass is 241 g/mol. The van der Waals surface area contributed by atoms with Crippen molar-refractivity contribution in [1.82, 2.24) is 0 Å². The van der Waals surface area contributed by atoms with Crippen molar-refractivity contribution >= 4 is 17.3 Å². The maximum Gasteiger partial charge on any atom is 0.0637 e. The van der Waals surface area contributed by atoms with Gasteiger partial charge in [0.15, 0.2) is 0 Å². The Morgan fingerprint density at radius 1 is 1.44 bits per heavy atom. The number of nitrogens with one attached hydrogen (secondary N) is 1. The molecule has 1 atom stereocenters. The Kier molecular flexibility index (Phi) is 4.63.